The molecule has 0 bridgehead atoms. The van der Waals surface area contributed by atoms with Crippen LogP contribution >= 0.6 is 0 Å². The van der Waals surface area contributed by atoms with Gasteiger partial charge in [0.1, 0.15) is 17.6 Å². The summed E-state index contributed by atoms with van der Waals surface area (Å²) < 4.78 is 39.1. The number of alkyl halides is 3. The first kappa shape index (κ1) is 20.0. The van der Waals surface area contributed by atoms with E-state index in [9.17, 15) is 22.8 Å². The van der Waals surface area contributed by atoms with Crippen LogP contribution in [0.2, 0.25) is 0 Å². The van der Waals surface area contributed by atoms with Gasteiger partial charge in [-0.05, 0) is 31.0 Å². The lowest BCUT2D eigenvalue weighted by Crippen LogP contribution is -2.53. The fourth-order valence-corrected chi connectivity index (χ4v) is 4.93. The van der Waals surface area contributed by atoms with Gasteiger partial charge in [-0.25, -0.2) is 14.8 Å². The van der Waals surface area contributed by atoms with E-state index in [0.717, 1.165) is 38.2 Å². The van der Waals surface area contributed by atoms with Crippen LogP contribution in [0.4, 0.5) is 23.8 Å². The average molecular weight is 433 g/mol. The van der Waals surface area contributed by atoms with Crippen LogP contribution in [0.1, 0.15) is 37.8 Å². The maximum atomic E-state index is 13.1. The highest BCUT2D eigenvalue weighted by Gasteiger charge is 2.50. The van der Waals surface area contributed by atoms with Crippen LogP contribution in [0.5, 0.6) is 0 Å². The molecular weight excluding hydrogens is 411 g/mol. The third-order valence-corrected chi connectivity index (χ3v) is 6.48. The Labute approximate surface area is 176 Å². The smallest absolute Gasteiger partial charge is 0.352 e. The van der Waals surface area contributed by atoms with E-state index in [1.807, 2.05) is 4.90 Å². The molecule has 31 heavy (non-hydrogen) atoms. The van der Waals surface area contributed by atoms with Crippen molar-refractivity contribution >= 4 is 28.7 Å². The molecule has 3 amide bonds. The molecule has 1 atom stereocenters. The Kier molecular flexibility index (Phi) is 4.75. The molecule has 5 rings (SSSR count). The molecule has 2 aromatic heterocycles. The lowest BCUT2D eigenvalue weighted by atomic mass is 9.94. The van der Waals surface area contributed by atoms with Gasteiger partial charge in [-0.3, -0.25) is 9.69 Å². The summed E-state index contributed by atoms with van der Waals surface area (Å²) in [7, 11) is 0. The maximum absolute atomic E-state index is 13.1. The van der Waals surface area contributed by atoms with E-state index < -0.39 is 17.9 Å². The number of nitrogens with zero attached hydrogens (tertiary/aromatic N) is 5. The van der Waals surface area contributed by atoms with Crippen molar-refractivity contribution in [3.63, 3.8) is 0 Å². The Morgan fingerprint density at radius 2 is 1.77 bits per heavy atom. The number of aromatic nitrogens is 2. The summed E-state index contributed by atoms with van der Waals surface area (Å²) in [6, 6.07) is 2.91. The Hall–Kier alpha value is -2.91. The van der Waals surface area contributed by atoms with Crippen molar-refractivity contribution in [2.45, 2.75) is 50.4 Å². The van der Waals surface area contributed by atoms with Gasteiger partial charge in [0.15, 0.2) is 0 Å². The molecule has 4 heterocycles. The number of rotatable bonds is 2. The van der Waals surface area contributed by atoms with Crippen LogP contribution in [-0.2, 0) is 11.0 Å². The van der Waals surface area contributed by atoms with Crippen molar-refractivity contribution in [1.29, 1.82) is 0 Å². The van der Waals surface area contributed by atoms with Crippen LogP contribution in [0.3, 0.4) is 0 Å². The van der Waals surface area contributed by atoms with Crippen molar-refractivity contribution in [3.8, 4) is 0 Å². The number of fused-ring (bicyclic) bond motifs is 2. The summed E-state index contributed by atoms with van der Waals surface area (Å²) in [6.45, 7) is 1.08. The van der Waals surface area contributed by atoms with Crippen LogP contribution in [-0.4, -0.2) is 63.4 Å². The first-order valence-electron chi connectivity index (χ1n) is 10.6. The summed E-state index contributed by atoms with van der Waals surface area (Å²) in [6.07, 6.45) is 1.76. The lowest BCUT2D eigenvalue weighted by molar-refractivity contribution is -0.141. The lowest BCUT2D eigenvalue weighted by Gasteiger charge is -2.36. The Morgan fingerprint density at radius 3 is 2.52 bits per heavy atom. The summed E-state index contributed by atoms with van der Waals surface area (Å²) in [5, 5.41) is 0.491. The second-order valence-corrected chi connectivity index (χ2v) is 8.33. The number of carbonyl (C=O) groups excluding carboxylic acids is 2. The molecule has 7 nitrogen and oxygen atoms in total. The SMILES string of the molecule is O=C1C2CN(c3nccc4nc(C(F)(F)F)ccc34)CCN2C(=O)N1C1CCCCC1. The molecule has 0 spiro atoms. The highest BCUT2D eigenvalue weighted by Crippen LogP contribution is 2.34. The second kappa shape index (κ2) is 7.35. The first-order chi connectivity index (χ1) is 14.8. The molecule has 0 radical (unpaired) electrons. The first-order valence-corrected chi connectivity index (χ1v) is 10.6. The van der Waals surface area contributed by atoms with Gasteiger partial charge in [-0.1, -0.05) is 19.3 Å². The summed E-state index contributed by atoms with van der Waals surface area (Å²) in [5.41, 5.74) is -0.762. The van der Waals surface area contributed by atoms with E-state index in [0.29, 0.717) is 24.3 Å². The number of piperazine rings is 1. The van der Waals surface area contributed by atoms with E-state index in [2.05, 4.69) is 9.97 Å². The van der Waals surface area contributed by atoms with Crippen molar-refractivity contribution in [1.82, 2.24) is 19.8 Å². The highest BCUT2D eigenvalue weighted by molar-refractivity contribution is 6.05. The minimum atomic E-state index is -4.53. The number of carbonyl (C=O) groups is 2. The van der Waals surface area contributed by atoms with E-state index in [1.165, 1.54) is 23.2 Å². The van der Waals surface area contributed by atoms with Crippen molar-refractivity contribution in [2.75, 3.05) is 24.5 Å². The molecule has 2 aromatic rings. The zero-order valence-corrected chi connectivity index (χ0v) is 16.8. The van der Waals surface area contributed by atoms with E-state index in [4.69, 9.17) is 0 Å². The Balaban J connectivity index is 1.42. The van der Waals surface area contributed by atoms with Crippen LogP contribution in [0, 0.1) is 0 Å². The predicted molar refractivity (Wildman–Crippen MR) is 106 cm³/mol. The fourth-order valence-electron chi connectivity index (χ4n) is 4.93. The number of hydrogen-bond acceptors (Lipinski definition) is 5. The van der Waals surface area contributed by atoms with Gasteiger partial charge in [0.05, 0.1) is 5.52 Å². The quantitative estimate of drug-likeness (QED) is 0.679. The number of urea groups is 1. The summed E-state index contributed by atoms with van der Waals surface area (Å²) in [5.74, 6) is 0.300. The van der Waals surface area contributed by atoms with Gasteiger partial charge in [0, 0.05) is 37.3 Å². The van der Waals surface area contributed by atoms with Crippen LogP contribution in [0.25, 0.3) is 10.9 Å². The van der Waals surface area contributed by atoms with Gasteiger partial charge < -0.3 is 9.80 Å². The number of pyridine rings is 2. The van der Waals surface area contributed by atoms with Crippen molar-refractivity contribution in [3.05, 3.63) is 30.1 Å². The summed E-state index contributed by atoms with van der Waals surface area (Å²) >= 11 is 0. The number of halogens is 3. The predicted octanol–water partition coefficient (Wildman–Crippen LogP) is 3.43. The molecule has 164 valence electrons. The average Bonchev–Trinajstić information content (AvgIpc) is 3.02. The molecule has 2 aliphatic heterocycles. The standard InChI is InChI=1S/C21H22F3N5O2/c22-21(23,24)17-7-6-14-15(26-17)8-9-25-18(14)27-10-11-28-16(12-27)19(30)29(20(28)31)13-4-2-1-3-5-13/h6-9,13,16H,1-5,10-12H2. The molecule has 0 aromatic carbocycles. The fraction of sp³-hybridized carbons (Fsp3) is 0.524. The Morgan fingerprint density at radius 1 is 1.00 bits per heavy atom. The van der Waals surface area contributed by atoms with Crippen LogP contribution in [0.15, 0.2) is 24.4 Å². The normalized spacial score (nSPS) is 23.1. The molecule has 0 N–H and O–H groups in total. The molecular formula is C21H22F3N5O2. The molecule has 1 aliphatic carbocycles. The zero-order valence-electron chi connectivity index (χ0n) is 16.8. The maximum Gasteiger partial charge on any atom is 0.433 e. The van der Waals surface area contributed by atoms with E-state index in [-0.39, 0.29) is 30.0 Å². The topological polar surface area (TPSA) is 69.6 Å². The summed E-state index contributed by atoms with van der Waals surface area (Å²) in [4.78, 5) is 39.1. The van der Waals surface area contributed by atoms with E-state index >= 15 is 0 Å². The largest absolute Gasteiger partial charge is 0.433 e. The molecule has 1 unspecified atom stereocenters. The number of amides is 3. The molecule has 1 saturated carbocycles. The van der Waals surface area contributed by atoms with Crippen molar-refractivity contribution < 1.29 is 22.8 Å². The molecule has 10 heteroatoms. The molecule has 2 saturated heterocycles. The van der Waals surface area contributed by atoms with Crippen molar-refractivity contribution in [2.24, 2.45) is 0 Å². The van der Waals surface area contributed by atoms with Gasteiger partial charge in [0.25, 0.3) is 5.91 Å². The zero-order chi connectivity index (χ0) is 21.8. The number of anilines is 1. The van der Waals surface area contributed by atoms with Gasteiger partial charge in [0.2, 0.25) is 0 Å². The van der Waals surface area contributed by atoms with Gasteiger partial charge >= 0.3 is 12.2 Å². The molecule has 3 aliphatic rings. The number of imide groups is 1. The monoisotopic (exact) mass is 433 g/mol. The van der Waals surface area contributed by atoms with E-state index in [1.54, 1.807) is 4.90 Å². The van der Waals surface area contributed by atoms with Gasteiger partial charge in [-0.2, -0.15) is 13.2 Å². The molecule has 3 fully saturated rings. The van der Waals surface area contributed by atoms with Crippen LogP contribution < -0.4 is 4.90 Å². The van der Waals surface area contributed by atoms with Gasteiger partial charge in [-0.15, -0.1) is 0 Å². The highest BCUT2D eigenvalue weighted by atomic mass is 19.4. The third kappa shape index (κ3) is 3.37. The number of hydrogen-bond donors (Lipinski definition) is 0. The minimum absolute atomic E-state index is 0.0338. The Bertz CT molecular complexity index is 1040. The third-order valence-electron chi connectivity index (χ3n) is 6.48. The minimum Gasteiger partial charge on any atom is -0.352 e. The second-order valence-electron chi connectivity index (χ2n) is 8.33.